The van der Waals surface area contributed by atoms with E-state index in [1.165, 1.54) is 18.2 Å². The number of benzene rings is 2. The number of nitrogens with zero attached hydrogens (tertiary/aromatic N) is 1. The molecule has 0 atom stereocenters. The van der Waals surface area contributed by atoms with Crippen molar-refractivity contribution in [2.24, 2.45) is 0 Å². The van der Waals surface area contributed by atoms with Crippen LogP contribution in [-0.4, -0.2) is 21.2 Å². The fourth-order valence-corrected chi connectivity index (χ4v) is 2.31. The van der Waals surface area contributed by atoms with Gasteiger partial charge in [0.15, 0.2) is 0 Å². The number of carboxylic acid groups (broad SMARTS) is 1. The first-order valence-corrected chi connectivity index (χ1v) is 6.80. The monoisotopic (exact) mass is 314 g/mol. The lowest BCUT2D eigenvalue weighted by molar-refractivity contribution is 0.0698. The molecule has 110 valence electrons. The molecule has 0 saturated carbocycles. The molecule has 1 aromatic heterocycles. The van der Waals surface area contributed by atoms with Crippen LogP contribution in [0.4, 0.5) is 11.5 Å². The third-order valence-electron chi connectivity index (χ3n) is 3.12. The number of fused-ring (bicyclic) bond motifs is 1. The van der Waals surface area contributed by atoms with Gasteiger partial charge in [0.2, 0.25) is 0 Å². The van der Waals surface area contributed by atoms with E-state index in [9.17, 15) is 15.0 Å². The van der Waals surface area contributed by atoms with Crippen molar-refractivity contribution in [3.63, 3.8) is 0 Å². The van der Waals surface area contributed by atoms with Gasteiger partial charge < -0.3 is 15.5 Å². The number of aromatic nitrogens is 1. The Morgan fingerprint density at radius 3 is 2.68 bits per heavy atom. The fraction of sp³-hybridized carbons (Fsp3) is 0. The minimum absolute atomic E-state index is 0.0400. The summed E-state index contributed by atoms with van der Waals surface area (Å²) in [6.45, 7) is 0. The van der Waals surface area contributed by atoms with Gasteiger partial charge in [-0.2, -0.15) is 0 Å². The Balaban J connectivity index is 2.13. The molecule has 0 fully saturated rings. The number of carbonyl (C=O) groups is 1. The number of hydrogen-bond donors (Lipinski definition) is 3. The minimum Gasteiger partial charge on any atom is -0.508 e. The number of aromatic carboxylic acids is 1. The third-order valence-corrected chi connectivity index (χ3v) is 3.35. The second-order valence-electron chi connectivity index (χ2n) is 4.70. The molecule has 22 heavy (non-hydrogen) atoms. The summed E-state index contributed by atoms with van der Waals surface area (Å²) in [5, 5.41) is 23.0. The van der Waals surface area contributed by atoms with Gasteiger partial charge in [-0.25, -0.2) is 9.78 Å². The Morgan fingerprint density at radius 2 is 1.95 bits per heavy atom. The Bertz CT molecular complexity index is 880. The van der Waals surface area contributed by atoms with Crippen molar-refractivity contribution in [2.45, 2.75) is 0 Å². The molecule has 0 aliphatic heterocycles. The normalized spacial score (nSPS) is 10.6. The van der Waals surface area contributed by atoms with Gasteiger partial charge in [0.25, 0.3) is 0 Å². The van der Waals surface area contributed by atoms with E-state index in [-0.39, 0.29) is 17.1 Å². The van der Waals surface area contributed by atoms with Crippen LogP contribution in [0.1, 0.15) is 10.4 Å². The topological polar surface area (TPSA) is 82.5 Å². The minimum atomic E-state index is -1.09. The number of carboxylic acids is 1. The lowest BCUT2D eigenvalue weighted by Gasteiger charge is -2.10. The number of aromatic hydroxyl groups is 1. The predicted molar refractivity (Wildman–Crippen MR) is 85.1 cm³/mol. The van der Waals surface area contributed by atoms with E-state index in [2.05, 4.69) is 10.3 Å². The van der Waals surface area contributed by atoms with Crippen LogP contribution in [0.25, 0.3) is 10.9 Å². The number of halogens is 1. The van der Waals surface area contributed by atoms with E-state index in [1.807, 2.05) is 0 Å². The zero-order chi connectivity index (χ0) is 15.7. The highest BCUT2D eigenvalue weighted by molar-refractivity contribution is 6.30. The molecule has 3 N–H and O–H groups in total. The second kappa shape index (κ2) is 5.54. The highest BCUT2D eigenvalue weighted by atomic mass is 35.5. The molecule has 5 nitrogen and oxygen atoms in total. The number of nitrogens with one attached hydrogen (secondary N) is 1. The SMILES string of the molecule is O=C(O)c1cc2ccc(O)cc2nc1Nc1cccc(Cl)c1. The molecule has 1 heterocycles. The molecule has 0 aliphatic carbocycles. The molecule has 0 saturated heterocycles. The summed E-state index contributed by atoms with van der Waals surface area (Å²) < 4.78 is 0. The molecule has 0 bridgehead atoms. The van der Waals surface area contributed by atoms with Crippen LogP contribution in [0.3, 0.4) is 0 Å². The summed E-state index contributed by atoms with van der Waals surface area (Å²) in [5.41, 5.74) is 1.16. The summed E-state index contributed by atoms with van der Waals surface area (Å²) in [5.74, 6) is -0.836. The van der Waals surface area contributed by atoms with Gasteiger partial charge >= 0.3 is 5.97 Å². The summed E-state index contributed by atoms with van der Waals surface area (Å²) in [6.07, 6.45) is 0. The van der Waals surface area contributed by atoms with Crippen molar-refractivity contribution in [1.82, 2.24) is 4.98 Å². The Kier molecular flexibility index (Phi) is 3.56. The first-order chi connectivity index (χ1) is 10.5. The van der Waals surface area contributed by atoms with Crippen molar-refractivity contribution < 1.29 is 15.0 Å². The van der Waals surface area contributed by atoms with Gasteiger partial charge in [0.1, 0.15) is 17.1 Å². The van der Waals surface area contributed by atoms with E-state index in [0.717, 1.165) is 0 Å². The van der Waals surface area contributed by atoms with Gasteiger partial charge in [-0.15, -0.1) is 0 Å². The highest BCUT2D eigenvalue weighted by Crippen LogP contribution is 2.26. The molecule has 6 heteroatoms. The third kappa shape index (κ3) is 2.80. The number of pyridine rings is 1. The van der Waals surface area contributed by atoms with E-state index >= 15 is 0 Å². The number of phenols is 1. The lowest BCUT2D eigenvalue weighted by atomic mass is 10.1. The molecule has 0 radical (unpaired) electrons. The van der Waals surface area contributed by atoms with Crippen LogP contribution >= 0.6 is 11.6 Å². The molecule has 0 amide bonds. The standard InChI is InChI=1S/C16H11ClN2O3/c17-10-2-1-3-11(7-10)18-15-13(16(21)22)6-9-4-5-12(20)8-14(9)19-15/h1-8,20H,(H,18,19)(H,21,22). The highest BCUT2D eigenvalue weighted by Gasteiger charge is 2.14. The maximum absolute atomic E-state index is 11.4. The number of rotatable bonds is 3. The average molecular weight is 315 g/mol. The zero-order valence-corrected chi connectivity index (χ0v) is 12.0. The maximum Gasteiger partial charge on any atom is 0.339 e. The van der Waals surface area contributed by atoms with Crippen LogP contribution in [0.15, 0.2) is 48.5 Å². The van der Waals surface area contributed by atoms with E-state index in [4.69, 9.17) is 11.6 Å². The lowest BCUT2D eigenvalue weighted by Crippen LogP contribution is -2.05. The predicted octanol–water partition coefficient (Wildman–Crippen LogP) is 4.04. The molecule has 3 rings (SSSR count). The van der Waals surface area contributed by atoms with Gasteiger partial charge in [-0.3, -0.25) is 0 Å². The molecular formula is C16H11ClN2O3. The summed E-state index contributed by atoms with van der Waals surface area (Å²) in [4.78, 5) is 15.7. The van der Waals surface area contributed by atoms with E-state index in [1.54, 1.807) is 30.3 Å². The van der Waals surface area contributed by atoms with Crippen molar-refractivity contribution in [3.8, 4) is 5.75 Å². The zero-order valence-electron chi connectivity index (χ0n) is 11.2. The maximum atomic E-state index is 11.4. The van der Waals surface area contributed by atoms with Gasteiger partial charge in [-0.1, -0.05) is 17.7 Å². The van der Waals surface area contributed by atoms with Crippen LogP contribution in [0.2, 0.25) is 5.02 Å². The molecule has 3 aromatic rings. The van der Waals surface area contributed by atoms with Gasteiger partial charge in [0, 0.05) is 22.2 Å². The molecule has 0 spiro atoms. The first-order valence-electron chi connectivity index (χ1n) is 6.42. The largest absolute Gasteiger partial charge is 0.508 e. The smallest absolute Gasteiger partial charge is 0.339 e. The molecule has 0 unspecified atom stereocenters. The van der Waals surface area contributed by atoms with Crippen LogP contribution in [-0.2, 0) is 0 Å². The first kappa shape index (κ1) is 14.2. The summed E-state index contributed by atoms with van der Waals surface area (Å²) in [7, 11) is 0. The Labute approximate surface area is 130 Å². The van der Waals surface area contributed by atoms with Crippen LogP contribution < -0.4 is 5.32 Å². The van der Waals surface area contributed by atoms with Crippen LogP contribution in [0.5, 0.6) is 5.75 Å². The quantitative estimate of drug-likeness (QED) is 0.679. The van der Waals surface area contributed by atoms with Crippen molar-refractivity contribution in [3.05, 3.63) is 59.1 Å². The van der Waals surface area contributed by atoms with Crippen molar-refractivity contribution >= 4 is 40.0 Å². The number of phenolic OH excluding ortho intramolecular Hbond substituents is 1. The van der Waals surface area contributed by atoms with Crippen molar-refractivity contribution in [2.75, 3.05) is 5.32 Å². The average Bonchev–Trinajstić information content (AvgIpc) is 2.46. The Morgan fingerprint density at radius 1 is 1.14 bits per heavy atom. The summed E-state index contributed by atoms with van der Waals surface area (Å²) >= 11 is 5.92. The van der Waals surface area contributed by atoms with E-state index < -0.39 is 5.97 Å². The van der Waals surface area contributed by atoms with E-state index in [0.29, 0.717) is 21.6 Å². The van der Waals surface area contributed by atoms with Gasteiger partial charge in [0.05, 0.1) is 5.52 Å². The molecular weight excluding hydrogens is 304 g/mol. The van der Waals surface area contributed by atoms with Crippen molar-refractivity contribution in [1.29, 1.82) is 0 Å². The van der Waals surface area contributed by atoms with Gasteiger partial charge in [-0.05, 0) is 36.4 Å². The summed E-state index contributed by atoms with van der Waals surface area (Å²) in [6, 6.07) is 13.0. The second-order valence-corrected chi connectivity index (χ2v) is 5.14. The number of anilines is 2. The fourth-order valence-electron chi connectivity index (χ4n) is 2.12. The molecule has 0 aliphatic rings. The van der Waals surface area contributed by atoms with Crippen LogP contribution in [0, 0.1) is 0 Å². The molecule has 2 aromatic carbocycles. The number of hydrogen-bond acceptors (Lipinski definition) is 4. The Hall–Kier alpha value is -2.79.